The Morgan fingerprint density at radius 1 is 0.949 bits per heavy atom. The van der Waals surface area contributed by atoms with Crippen LogP contribution in [0.2, 0.25) is 0 Å². The molecule has 0 bridgehead atoms. The van der Waals surface area contributed by atoms with E-state index in [-0.39, 0.29) is 25.9 Å². The van der Waals surface area contributed by atoms with E-state index in [0.29, 0.717) is 40.9 Å². The van der Waals surface area contributed by atoms with Crippen molar-refractivity contribution in [3.63, 3.8) is 0 Å². The van der Waals surface area contributed by atoms with Crippen LogP contribution >= 0.6 is 15.9 Å². The van der Waals surface area contributed by atoms with Gasteiger partial charge in [-0.25, -0.2) is 5.43 Å². The van der Waals surface area contributed by atoms with Gasteiger partial charge in [-0.15, -0.1) is 0 Å². The van der Waals surface area contributed by atoms with Crippen LogP contribution in [0.4, 0.5) is 5.69 Å². The topological polar surface area (TPSA) is 137 Å². The highest BCUT2D eigenvalue weighted by atomic mass is 79.9. The fourth-order valence-corrected chi connectivity index (χ4v) is 3.66. The van der Waals surface area contributed by atoms with Crippen LogP contribution < -0.4 is 35.0 Å². The van der Waals surface area contributed by atoms with Crippen LogP contribution in [0.15, 0.2) is 70.2 Å². The molecule has 3 aromatic carbocycles. The van der Waals surface area contributed by atoms with Crippen molar-refractivity contribution in [1.82, 2.24) is 10.7 Å². The predicted octanol–water partition coefficient (Wildman–Crippen LogP) is 3.36. The molecule has 1 aliphatic heterocycles. The van der Waals surface area contributed by atoms with Gasteiger partial charge in [0.05, 0.1) is 12.8 Å². The molecule has 0 spiro atoms. The Morgan fingerprint density at radius 2 is 1.74 bits per heavy atom. The Morgan fingerprint density at radius 3 is 2.54 bits per heavy atom. The summed E-state index contributed by atoms with van der Waals surface area (Å²) in [6.07, 6.45) is 1.36. The smallest absolute Gasteiger partial charge is 0.329 e. The predicted molar refractivity (Wildman–Crippen MR) is 146 cm³/mol. The minimum atomic E-state index is -0.922. The van der Waals surface area contributed by atoms with Gasteiger partial charge in [-0.1, -0.05) is 22.0 Å². The van der Waals surface area contributed by atoms with Crippen molar-refractivity contribution in [3.05, 3.63) is 76.3 Å². The number of ether oxygens (including phenoxy) is 4. The molecule has 0 saturated heterocycles. The zero-order valence-electron chi connectivity index (χ0n) is 20.9. The van der Waals surface area contributed by atoms with Crippen LogP contribution in [0, 0.1) is 0 Å². The van der Waals surface area contributed by atoms with E-state index in [4.69, 9.17) is 18.9 Å². The number of fused-ring (bicyclic) bond motifs is 1. The van der Waals surface area contributed by atoms with Gasteiger partial charge in [0.25, 0.3) is 5.91 Å². The first-order valence-corrected chi connectivity index (χ1v) is 12.7. The van der Waals surface area contributed by atoms with Crippen LogP contribution in [0.3, 0.4) is 0 Å². The number of amides is 3. The van der Waals surface area contributed by atoms with Crippen molar-refractivity contribution in [2.45, 2.75) is 13.5 Å². The summed E-state index contributed by atoms with van der Waals surface area (Å²) < 4.78 is 22.7. The van der Waals surface area contributed by atoms with E-state index in [1.54, 1.807) is 48.5 Å². The number of halogens is 1. The van der Waals surface area contributed by atoms with Crippen molar-refractivity contribution in [2.75, 3.05) is 25.3 Å². The molecule has 0 fully saturated rings. The van der Waals surface area contributed by atoms with Crippen molar-refractivity contribution >= 4 is 45.6 Å². The monoisotopic (exact) mass is 596 g/mol. The number of hydrogen-bond acceptors (Lipinski definition) is 8. The lowest BCUT2D eigenvalue weighted by Gasteiger charge is -2.12. The van der Waals surface area contributed by atoms with Crippen LogP contribution in [0.25, 0.3) is 0 Å². The van der Waals surface area contributed by atoms with Crippen molar-refractivity contribution in [1.29, 1.82) is 0 Å². The number of benzene rings is 3. The summed E-state index contributed by atoms with van der Waals surface area (Å²) in [5.74, 6) is -0.115. The summed E-state index contributed by atoms with van der Waals surface area (Å²) in [5, 5.41) is 9.10. The number of hydrogen-bond donors (Lipinski definition) is 3. The fraction of sp³-hybridized carbons (Fsp3) is 0.185. The number of nitrogens with zero attached hydrogens (tertiary/aromatic N) is 1. The second-order valence-electron chi connectivity index (χ2n) is 8.05. The Balaban J connectivity index is 1.26. The summed E-state index contributed by atoms with van der Waals surface area (Å²) >= 11 is 3.35. The molecule has 11 nitrogen and oxygen atoms in total. The minimum absolute atomic E-state index is 0.132. The van der Waals surface area contributed by atoms with Gasteiger partial charge < -0.3 is 29.6 Å². The number of hydrazone groups is 1. The van der Waals surface area contributed by atoms with Gasteiger partial charge in [-0.05, 0) is 72.6 Å². The van der Waals surface area contributed by atoms with Crippen LogP contribution in [-0.4, -0.2) is 43.9 Å². The fourth-order valence-electron chi connectivity index (χ4n) is 3.40. The summed E-state index contributed by atoms with van der Waals surface area (Å²) in [6, 6.07) is 17.3. The van der Waals surface area contributed by atoms with Crippen LogP contribution in [0.5, 0.6) is 23.0 Å². The van der Waals surface area contributed by atoms with Gasteiger partial charge in [-0.2, -0.15) is 5.10 Å². The Bertz CT molecular complexity index is 1380. The van der Waals surface area contributed by atoms with Crippen LogP contribution in [-0.2, 0) is 20.9 Å². The van der Waals surface area contributed by atoms with Crippen molar-refractivity contribution < 1.29 is 33.3 Å². The van der Waals surface area contributed by atoms with Gasteiger partial charge in [0, 0.05) is 16.7 Å². The van der Waals surface area contributed by atoms with E-state index in [0.717, 1.165) is 10.0 Å². The minimum Gasteiger partial charge on any atom is -0.490 e. The van der Waals surface area contributed by atoms with E-state index in [2.05, 4.69) is 37.1 Å². The largest absolute Gasteiger partial charge is 0.490 e. The van der Waals surface area contributed by atoms with Crippen LogP contribution in [0.1, 0.15) is 18.1 Å². The average molecular weight is 597 g/mol. The molecule has 0 aromatic heterocycles. The molecule has 4 rings (SSSR count). The molecular weight excluding hydrogens is 572 g/mol. The van der Waals surface area contributed by atoms with E-state index in [1.807, 2.05) is 19.1 Å². The van der Waals surface area contributed by atoms with Crippen molar-refractivity contribution in [2.24, 2.45) is 5.10 Å². The molecule has 3 amide bonds. The molecule has 3 aromatic rings. The summed E-state index contributed by atoms with van der Waals surface area (Å²) in [6.45, 7) is 2.24. The maximum Gasteiger partial charge on any atom is 0.329 e. The normalized spacial score (nSPS) is 11.6. The molecule has 202 valence electrons. The third kappa shape index (κ3) is 7.95. The average Bonchev–Trinajstić information content (AvgIpc) is 3.41. The van der Waals surface area contributed by atoms with Gasteiger partial charge in [0.15, 0.2) is 29.6 Å². The quantitative estimate of drug-likeness (QED) is 0.185. The molecular formula is C27H25BrN4O7. The number of carbonyl (C=O) groups is 3. The molecule has 1 heterocycles. The molecule has 0 radical (unpaired) electrons. The zero-order chi connectivity index (χ0) is 27.6. The summed E-state index contributed by atoms with van der Waals surface area (Å²) in [7, 11) is 0. The standard InChI is InChI=1S/C27H25BrN4O7/c1-2-36-23-12-18(4-9-21(23)37-15-25(33)31-20-7-5-19(28)6-8-20)14-30-32-27(35)26(34)29-13-17-3-10-22-24(11-17)39-16-38-22/h3-12,14H,2,13,15-16H2,1H3,(H,29,34)(H,31,33)(H,32,35)/b30-14-. The van der Waals surface area contributed by atoms with E-state index in [1.165, 1.54) is 6.21 Å². The third-order valence-electron chi connectivity index (χ3n) is 5.23. The second kappa shape index (κ2) is 13.3. The van der Waals surface area contributed by atoms with E-state index < -0.39 is 11.8 Å². The highest BCUT2D eigenvalue weighted by molar-refractivity contribution is 9.10. The number of anilines is 1. The molecule has 39 heavy (non-hydrogen) atoms. The Hall–Kier alpha value is -4.58. The third-order valence-corrected chi connectivity index (χ3v) is 5.76. The van der Waals surface area contributed by atoms with E-state index in [9.17, 15) is 14.4 Å². The summed E-state index contributed by atoms with van der Waals surface area (Å²) in [4.78, 5) is 36.5. The van der Waals surface area contributed by atoms with Gasteiger partial charge in [0.2, 0.25) is 6.79 Å². The maximum absolute atomic E-state index is 12.2. The second-order valence-corrected chi connectivity index (χ2v) is 8.97. The van der Waals surface area contributed by atoms with E-state index >= 15 is 0 Å². The maximum atomic E-state index is 12.2. The number of nitrogens with one attached hydrogen (secondary N) is 3. The first kappa shape index (κ1) is 27.5. The molecule has 0 saturated carbocycles. The first-order valence-electron chi connectivity index (χ1n) is 11.9. The molecule has 0 unspecified atom stereocenters. The van der Waals surface area contributed by atoms with Gasteiger partial charge in [0.1, 0.15) is 0 Å². The van der Waals surface area contributed by atoms with Crippen molar-refractivity contribution in [3.8, 4) is 23.0 Å². The number of carbonyl (C=O) groups excluding carboxylic acids is 3. The lowest BCUT2D eigenvalue weighted by molar-refractivity contribution is -0.139. The molecule has 0 aliphatic carbocycles. The molecule has 12 heteroatoms. The Kier molecular flexibility index (Phi) is 9.35. The highest BCUT2D eigenvalue weighted by Crippen LogP contribution is 2.32. The molecule has 0 atom stereocenters. The Labute approximate surface area is 232 Å². The molecule has 1 aliphatic rings. The number of rotatable bonds is 10. The lowest BCUT2D eigenvalue weighted by Crippen LogP contribution is -2.37. The zero-order valence-corrected chi connectivity index (χ0v) is 22.4. The highest BCUT2D eigenvalue weighted by Gasteiger charge is 2.16. The molecule has 3 N–H and O–H groups in total. The van der Waals surface area contributed by atoms with Gasteiger partial charge in [-0.3, -0.25) is 14.4 Å². The lowest BCUT2D eigenvalue weighted by atomic mass is 10.2. The first-order chi connectivity index (χ1) is 18.9. The van der Waals surface area contributed by atoms with Gasteiger partial charge >= 0.3 is 11.8 Å². The SMILES string of the molecule is CCOc1cc(/C=N\NC(=O)C(=O)NCc2ccc3c(c2)OCO3)ccc1OCC(=O)Nc1ccc(Br)cc1. The summed E-state index contributed by atoms with van der Waals surface area (Å²) in [5.41, 5.74) is 4.16.